The van der Waals surface area contributed by atoms with Crippen LogP contribution in [0.4, 0.5) is 13.2 Å². The molecule has 12 heteroatoms. The van der Waals surface area contributed by atoms with E-state index < -0.39 is 12.1 Å². The lowest BCUT2D eigenvalue weighted by molar-refractivity contribution is -0.192. The molecule has 34 heavy (non-hydrogen) atoms. The Balaban J connectivity index is 0.000000406. The predicted molar refractivity (Wildman–Crippen MR) is 121 cm³/mol. The first-order chi connectivity index (χ1) is 16.1. The maximum Gasteiger partial charge on any atom is 0.490 e. The van der Waals surface area contributed by atoms with E-state index >= 15 is 0 Å². The number of carboxylic acids is 1. The molecule has 1 amide bonds. The molecular formula is C22H23BrF3N5O3. The summed E-state index contributed by atoms with van der Waals surface area (Å²) in [6, 6.07) is 8.04. The van der Waals surface area contributed by atoms with E-state index in [0.717, 1.165) is 52.9 Å². The summed E-state index contributed by atoms with van der Waals surface area (Å²) in [6.07, 6.45) is 2.71. The van der Waals surface area contributed by atoms with E-state index in [9.17, 15) is 18.0 Å². The SMILES string of the molecule is Cc1nccn1CCNC(=O)c1nn(-c2cccc(Br)c2)c2c1CCCC2.O=C(O)C(F)(F)F. The maximum atomic E-state index is 12.8. The van der Waals surface area contributed by atoms with Crippen LogP contribution in [0, 0.1) is 6.92 Å². The number of amides is 1. The molecule has 0 radical (unpaired) electrons. The van der Waals surface area contributed by atoms with Crippen LogP contribution in [-0.2, 0) is 24.2 Å². The summed E-state index contributed by atoms with van der Waals surface area (Å²) in [4.78, 5) is 25.9. The lowest BCUT2D eigenvalue weighted by Gasteiger charge is -2.14. The minimum atomic E-state index is -5.08. The van der Waals surface area contributed by atoms with Crippen molar-refractivity contribution in [2.45, 2.75) is 45.3 Å². The maximum absolute atomic E-state index is 12.8. The van der Waals surface area contributed by atoms with Crippen LogP contribution in [0.25, 0.3) is 5.69 Å². The third-order valence-corrected chi connectivity index (χ3v) is 5.75. The number of halogens is 4. The van der Waals surface area contributed by atoms with E-state index in [1.807, 2.05) is 46.6 Å². The van der Waals surface area contributed by atoms with Crippen molar-refractivity contribution in [2.75, 3.05) is 6.54 Å². The molecule has 8 nitrogen and oxygen atoms in total. The molecule has 182 valence electrons. The molecule has 0 aliphatic heterocycles. The van der Waals surface area contributed by atoms with Crippen LogP contribution in [0.1, 0.15) is 40.4 Å². The van der Waals surface area contributed by atoms with E-state index in [4.69, 9.17) is 15.0 Å². The fraction of sp³-hybridized carbons (Fsp3) is 0.364. The lowest BCUT2D eigenvalue weighted by atomic mass is 9.95. The standard InChI is InChI=1S/C20H22BrN5O.C2HF3O2/c1-14-22-9-11-25(14)12-10-23-20(27)19-17-7-2-3-8-18(17)26(24-19)16-6-4-5-15(21)13-16;3-2(4,5)1(6)7/h4-6,9,11,13H,2-3,7-8,10,12H2,1H3,(H,23,27);(H,6,7). The highest BCUT2D eigenvalue weighted by molar-refractivity contribution is 9.10. The molecule has 0 unspecified atom stereocenters. The number of aromatic nitrogens is 4. The summed E-state index contributed by atoms with van der Waals surface area (Å²) in [6.45, 7) is 3.21. The predicted octanol–water partition coefficient (Wildman–Crippen LogP) is 4.08. The summed E-state index contributed by atoms with van der Waals surface area (Å²) in [5.74, 6) is -1.91. The second-order valence-corrected chi connectivity index (χ2v) is 8.51. The quantitative estimate of drug-likeness (QED) is 0.506. The summed E-state index contributed by atoms with van der Waals surface area (Å²) in [5, 5.41) is 14.8. The van der Waals surface area contributed by atoms with Gasteiger partial charge in [0.2, 0.25) is 0 Å². The number of nitrogens with one attached hydrogen (secondary N) is 1. The number of hydrogen-bond donors (Lipinski definition) is 2. The third kappa shape index (κ3) is 6.25. The van der Waals surface area contributed by atoms with Gasteiger partial charge in [-0.2, -0.15) is 18.3 Å². The fourth-order valence-electron chi connectivity index (χ4n) is 3.62. The van der Waals surface area contributed by atoms with Crippen LogP contribution in [0.3, 0.4) is 0 Å². The van der Waals surface area contributed by atoms with Crippen LogP contribution in [-0.4, -0.2) is 49.0 Å². The number of nitrogens with zero attached hydrogens (tertiary/aromatic N) is 4. The Labute approximate surface area is 201 Å². The Kier molecular flexibility index (Phi) is 8.13. The van der Waals surface area contributed by atoms with E-state index in [1.165, 1.54) is 0 Å². The Morgan fingerprint density at radius 1 is 1.24 bits per heavy atom. The number of carboxylic acid groups (broad SMARTS) is 1. The number of carbonyl (C=O) groups is 2. The highest BCUT2D eigenvalue weighted by Gasteiger charge is 2.38. The highest BCUT2D eigenvalue weighted by Crippen LogP contribution is 2.28. The van der Waals surface area contributed by atoms with Gasteiger partial charge in [-0.3, -0.25) is 4.79 Å². The number of benzene rings is 1. The normalized spacial score (nSPS) is 13.0. The molecular weight excluding hydrogens is 519 g/mol. The monoisotopic (exact) mass is 541 g/mol. The summed E-state index contributed by atoms with van der Waals surface area (Å²) in [7, 11) is 0. The lowest BCUT2D eigenvalue weighted by Crippen LogP contribution is -2.28. The molecule has 1 aliphatic rings. The summed E-state index contributed by atoms with van der Waals surface area (Å²) in [5.41, 5.74) is 3.80. The number of imidazole rings is 1. The molecule has 0 saturated carbocycles. The molecule has 1 aliphatic carbocycles. The largest absolute Gasteiger partial charge is 0.490 e. The minimum absolute atomic E-state index is 0.0975. The minimum Gasteiger partial charge on any atom is -0.475 e. The van der Waals surface area contributed by atoms with Gasteiger partial charge in [-0.1, -0.05) is 22.0 Å². The second kappa shape index (κ2) is 10.9. The Bertz CT molecular complexity index is 1170. The van der Waals surface area contributed by atoms with Crippen LogP contribution in [0.5, 0.6) is 0 Å². The number of aliphatic carboxylic acids is 1. The molecule has 2 N–H and O–H groups in total. The van der Waals surface area contributed by atoms with Crippen molar-refractivity contribution in [1.29, 1.82) is 0 Å². The first kappa shape index (κ1) is 25.5. The molecule has 0 atom stereocenters. The van der Waals surface area contributed by atoms with Crippen molar-refractivity contribution < 1.29 is 27.9 Å². The van der Waals surface area contributed by atoms with Gasteiger partial charge in [0.15, 0.2) is 5.69 Å². The first-order valence-corrected chi connectivity index (χ1v) is 11.3. The zero-order valence-corrected chi connectivity index (χ0v) is 19.9. The zero-order valence-electron chi connectivity index (χ0n) is 18.3. The molecule has 2 heterocycles. The van der Waals surface area contributed by atoms with E-state index in [1.54, 1.807) is 6.20 Å². The van der Waals surface area contributed by atoms with Gasteiger partial charge in [-0.15, -0.1) is 0 Å². The van der Waals surface area contributed by atoms with Gasteiger partial charge in [0.1, 0.15) is 5.82 Å². The number of carbonyl (C=O) groups excluding carboxylic acids is 1. The van der Waals surface area contributed by atoms with E-state index in [-0.39, 0.29) is 5.91 Å². The average Bonchev–Trinajstić information content (AvgIpc) is 3.37. The molecule has 3 aromatic rings. The highest BCUT2D eigenvalue weighted by atomic mass is 79.9. The van der Waals surface area contributed by atoms with E-state index in [2.05, 4.69) is 26.2 Å². The van der Waals surface area contributed by atoms with Crippen LogP contribution < -0.4 is 5.32 Å². The third-order valence-electron chi connectivity index (χ3n) is 5.25. The van der Waals surface area contributed by atoms with Gasteiger partial charge in [0.05, 0.1) is 5.69 Å². The van der Waals surface area contributed by atoms with E-state index in [0.29, 0.717) is 18.8 Å². The summed E-state index contributed by atoms with van der Waals surface area (Å²) < 4.78 is 36.7. The molecule has 0 fully saturated rings. The number of alkyl halides is 3. The van der Waals surface area contributed by atoms with Gasteiger partial charge in [-0.05, 0) is 50.8 Å². The van der Waals surface area contributed by atoms with Crippen molar-refractivity contribution in [3.05, 3.63) is 63.9 Å². The molecule has 0 saturated heterocycles. The Morgan fingerprint density at radius 3 is 2.56 bits per heavy atom. The van der Waals surface area contributed by atoms with Gasteiger partial charge < -0.3 is 15.0 Å². The van der Waals surface area contributed by atoms with Crippen molar-refractivity contribution in [1.82, 2.24) is 24.6 Å². The Hall–Kier alpha value is -3.15. The summed E-state index contributed by atoms with van der Waals surface area (Å²) >= 11 is 3.52. The van der Waals surface area contributed by atoms with Gasteiger partial charge in [-0.25, -0.2) is 14.5 Å². The van der Waals surface area contributed by atoms with Gasteiger partial charge in [0, 0.05) is 41.2 Å². The van der Waals surface area contributed by atoms with Crippen LogP contribution in [0.15, 0.2) is 41.1 Å². The topological polar surface area (TPSA) is 102 Å². The smallest absolute Gasteiger partial charge is 0.475 e. The van der Waals surface area contributed by atoms with Crippen LogP contribution in [0.2, 0.25) is 0 Å². The molecule has 0 spiro atoms. The molecule has 4 rings (SSSR count). The van der Waals surface area contributed by atoms with Gasteiger partial charge >= 0.3 is 12.1 Å². The fourth-order valence-corrected chi connectivity index (χ4v) is 4.00. The second-order valence-electron chi connectivity index (χ2n) is 7.60. The number of hydrogen-bond acceptors (Lipinski definition) is 4. The Morgan fingerprint density at radius 2 is 1.94 bits per heavy atom. The van der Waals surface area contributed by atoms with Crippen molar-refractivity contribution in [3.63, 3.8) is 0 Å². The zero-order chi connectivity index (χ0) is 24.9. The van der Waals surface area contributed by atoms with Crippen molar-refractivity contribution in [2.24, 2.45) is 0 Å². The van der Waals surface area contributed by atoms with Crippen molar-refractivity contribution >= 4 is 27.8 Å². The average molecular weight is 542 g/mol. The molecule has 1 aromatic carbocycles. The van der Waals surface area contributed by atoms with Crippen LogP contribution >= 0.6 is 15.9 Å². The molecule has 2 aromatic heterocycles. The first-order valence-electron chi connectivity index (χ1n) is 10.5. The number of aryl methyl sites for hydroxylation is 1. The van der Waals surface area contributed by atoms with Crippen molar-refractivity contribution in [3.8, 4) is 5.69 Å². The number of rotatable bonds is 5. The van der Waals surface area contributed by atoms with Gasteiger partial charge in [0.25, 0.3) is 5.91 Å². The molecule has 0 bridgehead atoms. The number of fused-ring (bicyclic) bond motifs is 1.